The monoisotopic (exact) mass is 385 g/mol. The number of pyridine rings is 1. The van der Waals surface area contributed by atoms with Gasteiger partial charge >= 0.3 is 5.97 Å². The Morgan fingerprint density at radius 3 is 2.41 bits per heavy atom. The molecule has 0 saturated heterocycles. The van der Waals surface area contributed by atoms with Gasteiger partial charge in [0, 0.05) is 11.1 Å². The highest BCUT2D eigenvalue weighted by Gasteiger charge is 2.52. The van der Waals surface area contributed by atoms with Gasteiger partial charge in [-0.1, -0.05) is 11.8 Å². The fourth-order valence-corrected chi connectivity index (χ4v) is 6.52. The number of hydrogen-bond donors (Lipinski definition) is 2. The Morgan fingerprint density at radius 1 is 1.22 bits per heavy atom. The second-order valence-electron chi connectivity index (χ2n) is 8.32. The van der Waals surface area contributed by atoms with Crippen molar-refractivity contribution in [2.24, 2.45) is 17.8 Å². The van der Waals surface area contributed by atoms with Gasteiger partial charge in [0.2, 0.25) is 5.91 Å². The molecule has 0 atom stereocenters. The summed E-state index contributed by atoms with van der Waals surface area (Å²) in [6.07, 6.45) is 7.67. The lowest BCUT2D eigenvalue weighted by atomic mass is 9.49. The van der Waals surface area contributed by atoms with E-state index in [2.05, 4.69) is 11.4 Å². The van der Waals surface area contributed by atoms with E-state index in [1.54, 1.807) is 0 Å². The summed E-state index contributed by atoms with van der Waals surface area (Å²) in [6, 6.07) is 6.01. The van der Waals surface area contributed by atoms with Gasteiger partial charge in [-0.2, -0.15) is 5.26 Å². The molecule has 4 saturated carbocycles. The summed E-state index contributed by atoms with van der Waals surface area (Å²) in [4.78, 5) is 27.2. The average Bonchev–Trinajstić information content (AvgIpc) is 2.63. The number of thioether (sulfide) groups is 1. The summed E-state index contributed by atoms with van der Waals surface area (Å²) in [5, 5.41) is 21.0. The van der Waals surface area contributed by atoms with Crippen molar-refractivity contribution in [3.05, 3.63) is 23.4 Å². The molecule has 0 radical (unpaired) electrons. The molecular weight excluding hydrogens is 362 g/mol. The molecule has 1 amide bonds. The van der Waals surface area contributed by atoms with Gasteiger partial charge in [-0.25, -0.2) is 4.98 Å². The number of carbonyl (C=O) groups is 2. The van der Waals surface area contributed by atoms with Gasteiger partial charge in [0.1, 0.15) is 17.6 Å². The van der Waals surface area contributed by atoms with Gasteiger partial charge in [-0.15, -0.1) is 0 Å². The average molecular weight is 385 g/mol. The Morgan fingerprint density at radius 2 is 1.85 bits per heavy atom. The molecule has 1 aromatic heterocycles. The lowest BCUT2D eigenvalue weighted by molar-refractivity contribution is -0.137. The molecule has 6 nitrogen and oxygen atoms in total. The van der Waals surface area contributed by atoms with Gasteiger partial charge in [-0.3, -0.25) is 9.59 Å². The first kappa shape index (κ1) is 18.3. The third kappa shape index (κ3) is 3.68. The second kappa shape index (κ2) is 7.16. The number of rotatable bonds is 6. The van der Waals surface area contributed by atoms with Crippen LogP contribution in [0, 0.1) is 29.1 Å². The van der Waals surface area contributed by atoms with E-state index < -0.39 is 12.5 Å². The van der Waals surface area contributed by atoms with Crippen molar-refractivity contribution >= 4 is 23.6 Å². The lowest BCUT2D eigenvalue weighted by Crippen LogP contribution is -2.49. The Hall–Kier alpha value is -2.07. The third-order valence-corrected chi connectivity index (χ3v) is 7.33. The zero-order valence-corrected chi connectivity index (χ0v) is 15.9. The van der Waals surface area contributed by atoms with Gasteiger partial charge in [0.15, 0.2) is 0 Å². The van der Waals surface area contributed by atoms with E-state index in [1.807, 2.05) is 12.1 Å². The number of amides is 1. The predicted octanol–water partition coefficient (Wildman–Crippen LogP) is 2.71. The molecule has 4 aliphatic rings. The van der Waals surface area contributed by atoms with E-state index in [-0.39, 0.29) is 17.1 Å². The first-order chi connectivity index (χ1) is 13.0. The molecule has 27 heavy (non-hydrogen) atoms. The maximum Gasteiger partial charge on any atom is 0.322 e. The Bertz CT molecular complexity index is 782. The van der Waals surface area contributed by atoms with Crippen molar-refractivity contribution in [3.63, 3.8) is 0 Å². The summed E-state index contributed by atoms with van der Waals surface area (Å²) >= 11 is 1.21. The van der Waals surface area contributed by atoms with Crippen molar-refractivity contribution in [3.8, 4) is 6.07 Å². The van der Waals surface area contributed by atoms with Gasteiger partial charge in [0.25, 0.3) is 0 Å². The van der Waals surface area contributed by atoms with Crippen LogP contribution in [-0.2, 0) is 15.0 Å². The van der Waals surface area contributed by atoms with E-state index in [0.717, 1.165) is 23.4 Å². The molecule has 2 N–H and O–H groups in total. The van der Waals surface area contributed by atoms with Gasteiger partial charge < -0.3 is 10.4 Å². The van der Waals surface area contributed by atoms with Crippen LogP contribution in [0.2, 0.25) is 0 Å². The predicted molar refractivity (Wildman–Crippen MR) is 100 cm³/mol. The number of nitrogens with one attached hydrogen (secondary N) is 1. The van der Waals surface area contributed by atoms with Crippen molar-refractivity contribution in [2.45, 2.75) is 49.0 Å². The highest BCUT2D eigenvalue weighted by Crippen LogP contribution is 2.60. The van der Waals surface area contributed by atoms with Crippen LogP contribution >= 0.6 is 11.8 Å². The zero-order chi connectivity index (χ0) is 19.0. The minimum absolute atomic E-state index is 0.0548. The van der Waals surface area contributed by atoms with Crippen LogP contribution in [0.25, 0.3) is 0 Å². The lowest BCUT2D eigenvalue weighted by Gasteiger charge is -2.56. The van der Waals surface area contributed by atoms with E-state index in [0.29, 0.717) is 10.6 Å². The first-order valence-corrected chi connectivity index (χ1v) is 10.5. The molecular formula is C20H23N3O3S. The number of hydrogen-bond acceptors (Lipinski definition) is 5. The summed E-state index contributed by atoms with van der Waals surface area (Å²) in [5.74, 6) is 1.05. The van der Waals surface area contributed by atoms with E-state index in [9.17, 15) is 14.9 Å². The molecule has 142 valence electrons. The fourth-order valence-electron chi connectivity index (χ4n) is 5.71. The summed E-state index contributed by atoms with van der Waals surface area (Å²) < 4.78 is 0. The molecule has 7 heteroatoms. The molecule has 0 aliphatic heterocycles. The summed E-state index contributed by atoms with van der Waals surface area (Å²) in [6.45, 7) is -0.398. The fraction of sp³-hybridized carbons (Fsp3) is 0.600. The molecule has 4 bridgehead atoms. The highest BCUT2D eigenvalue weighted by molar-refractivity contribution is 8.00. The van der Waals surface area contributed by atoms with Crippen LogP contribution in [0.3, 0.4) is 0 Å². The van der Waals surface area contributed by atoms with Crippen LogP contribution in [0.1, 0.15) is 49.8 Å². The normalized spacial score (nSPS) is 30.7. The number of aromatic nitrogens is 1. The topological polar surface area (TPSA) is 103 Å². The molecule has 4 fully saturated rings. The van der Waals surface area contributed by atoms with Gasteiger partial charge in [-0.05, 0) is 68.4 Å². The second-order valence-corrected chi connectivity index (χ2v) is 9.28. The maximum absolute atomic E-state index is 11.8. The number of carbonyl (C=O) groups excluding carboxylic acids is 1. The van der Waals surface area contributed by atoms with Crippen molar-refractivity contribution < 1.29 is 14.7 Å². The van der Waals surface area contributed by atoms with E-state index in [4.69, 9.17) is 10.1 Å². The third-order valence-electron chi connectivity index (χ3n) is 6.34. The number of carboxylic acids is 1. The summed E-state index contributed by atoms with van der Waals surface area (Å²) in [7, 11) is 0. The molecule has 0 aromatic carbocycles. The van der Waals surface area contributed by atoms with Crippen LogP contribution in [0.5, 0.6) is 0 Å². The SMILES string of the molecule is N#Cc1ccc(C23CC4CC(CC(C4)C2)C3)nc1SCC(=O)NCC(=O)O. The highest BCUT2D eigenvalue weighted by atomic mass is 32.2. The number of nitriles is 1. The number of carboxylic acid groups (broad SMARTS) is 1. The van der Waals surface area contributed by atoms with Crippen LogP contribution < -0.4 is 5.32 Å². The number of nitrogens with zero attached hydrogens (tertiary/aromatic N) is 2. The van der Waals surface area contributed by atoms with E-state index >= 15 is 0 Å². The molecule has 5 rings (SSSR count). The molecule has 0 unspecified atom stereocenters. The maximum atomic E-state index is 11.8. The van der Waals surface area contributed by atoms with E-state index in [1.165, 1.54) is 50.3 Å². The number of aliphatic carboxylic acids is 1. The molecule has 1 aromatic rings. The molecule has 1 heterocycles. The van der Waals surface area contributed by atoms with Crippen molar-refractivity contribution in [1.82, 2.24) is 10.3 Å². The largest absolute Gasteiger partial charge is 0.480 e. The van der Waals surface area contributed by atoms with Crippen molar-refractivity contribution in [1.29, 1.82) is 5.26 Å². The minimum Gasteiger partial charge on any atom is -0.480 e. The molecule has 0 spiro atoms. The summed E-state index contributed by atoms with van der Waals surface area (Å²) in [5.41, 5.74) is 1.69. The van der Waals surface area contributed by atoms with Crippen LogP contribution in [0.15, 0.2) is 17.2 Å². The standard InChI is InChI=1S/C20H23N3O3S/c21-9-15-1-2-16(23-19(15)27-11-17(24)22-10-18(25)26)20-6-12-3-13(7-20)5-14(4-12)8-20/h1-2,12-14H,3-8,10-11H2,(H,22,24)(H,25,26). The van der Waals surface area contributed by atoms with Crippen molar-refractivity contribution in [2.75, 3.05) is 12.3 Å². The van der Waals surface area contributed by atoms with Gasteiger partial charge in [0.05, 0.1) is 11.3 Å². The quantitative estimate of drug-likeness (QED) is 0.730. The minimum atomic E-state index is -1.08. The zero-order valence-electron chi connectivity index (χ0n) is 15.1. The van der Waals surface area contributed by atoms with Crippen LogP contribution in [-0.4, -0.2) is 34.3 Å². The smallest absolute Gasteiger partial charge is 0.322 e. The Balaban J connectivity index is 1.52. The Labute approximate surface area is 162 Å². The first-order valence-electron chi connectivity index (χ1n) is 9.50. The Kier molecular flexibility index (Phi) is 4.85. The van der Waals surface area contributed by atoms with Crippen LogP contribution in [0.4, 0.5) is 0 Å². The molecule has 4 aliphatic carbocycles.